The summed E-state index contributed by atoms with van der Waals surface area (Å²) in [4.78, 5) is 4.96. The van der Waals surface area contributed by atoms with E-state index in [1.165, 1.54) is 11.8 Å². The van der Waals surface area contributed by atoms with Crippen molar-refractivity contribution in [1.29, 1.82) is 0 Å². The molecular formula is C9H8ClNO2. The van der Waals surface area contributed by atoms with Crippen molar-refractivity contribution in [2.24, 2.45) is 0 Å². The van der Waals surface area contributed by atoms with Crippen molar-refractivity contribution in [2.75, 3.05) is 7.11 Å². The van der Waals surface area contributed by atoms with Gasteiger partial charge in [-0.15, -0.1) is 4.73 Å². The molecule has 4 heteroatoms. The van der Waals surface area contributed by atoms with Gasteiger partial charge in [0.2, 0.25) is 5.88 Å². The predicted molar refractivity (Wildman–Crippen MR) is 51.1 cm³/mol. The second-order valence-electron chi connectivity index (χ2n) is 2.68. The third-order valence-corrected chi connectivity index (χ3v) is 2.12. The van der Waals surface area contributed by atoms with Crippen molar-refractivity contribution >= 4 is 22.5 Å². The molecule has 0 aliphatic rings. The Morgan fingerprint density at radius 1 is 1.38 bits per heavy atom. The zero-order valence-corrected chi connectivity index (χ0v) is 7.75. The number of hydrogen-bond donors (Lipinski definition) is 1. The lowest BCUT2D eigenvalue weighted by Crippen LogP contribution is -2.03. The summed E-state index contributed by atoms with van der Waals surface area (Å²) in [5.74, 6) is 0.0692. The fourth-order valence-corrected chi connectivity index (χ4v) is 1.49. The van der Waals surface area contributed by atoms with Gasteiger partial charge in [-0.1, -0.05) is 17.7 Å². The van der Waals surface area contributed by atoms with Crippen molar-refractivity contribution < 1.29 is 9.94 Å². The molecule has 2 aromatic rings. The molecular weight excluding hydrogens is 190 g/mol. The average molecular weight is 198 g/mol. The molecule has 0 radical (unpaired) electrons. The first-order valence-corrected chi connectivity index (χ1v) is 4.14. The van der Waals surface area contributed by atoms with Gasteiger partial charge in [-0.25, -0.2) is 0 Å². The van der Waals surface area contributed by atoms with Crippen LogP contribution in [-0.4, -0.2) is 16.9 Å². The van der Waals surface area contributed by atoms with E-state index in [1.807, 2.05) is 6.07 Å². The maximum absolute atomic E-state index is 9.42. The quantitative estimate of drug-likeness (QED) is 0.760. The Morgan fingerprint density at radius 3 is 2.85 bits per heavy atom. The molecule has 0 unspecified atom stereocenters. The van der Waals surface area contributed by atoms with Gasteiger partial charge in [-0.05, 0) is 12.1 Å². The van der Waals surface area contributed by atoms with Crippen LogP contribution in [0.3, 0.4) is 0 Å². The van der Waals surface area contributed by atoms with E-state index in [0.29, 0.717) is 5.02 Å². The molecule has 0 bridgehead atoms. The van der Waals surface area contributed by atoms with Crippen molar-refractivity contribution in [3.8, 4) is 5.88 Å². The lowest BCUT2D eigenvalue weighted by molar-refractivity contribution is 0.152. The lowest BCUT2D eigenvalue weighted by Gasteiger charge is -2.02. The summed E-state index contributed by atoms with van der Waals surface area (Å²) < 4.78 is 1.32. The van der Waals surface area contributed by atoms with Gasteiger partial charge in [0.1, 0.15) is 7.11 Å². The van der Waals surface area contributed by atoms with Crippen molar-refractivity contribution in [3.63, 3.8) is 0 Å². The highest BCUT2D eigenvalue weighted by Gasteiger charge is 2.07. The summed E-state index contributed by atoms with van der Waals surface area (Å²) in [6, 6.07) is 6.95. The molecule has 0 aliphatic heterocycles. The minimum atomic E-state index is 0.0692. The number of rotatable bonds is 1. The zero-order chi connectivity index (χ0) is 9.42. The third kappa shape index (κ3) is 1.21. The molecule has 0 saturated carbocycles. The maximum atomic E-state index is 9.42. The van der Waals surface area contributed by atoms with Gasteiger partial charge in [0, 0.05) is 16.5 Å². The second-order valence-corrected chi connectivity index (χ2v) is 3.12. The van der Waals surface area contributed by atoms with E-state index >= 15 is 0 Å². The summed E-state index contributed by atoms with van der Waals surface area (Å²) >= 11 is 5.81. The topological polar surface area (TPSA) is 34.4 Å². The van der Waals surface area contributed by atoms with Crippen molar-refractivity contribution in [2.45, 2.75) is 0 Å². The molecule has 3 nitrogen and oxygen atoms in total. The molecule has 1 aromatic heterocycles. The highest BCUT2D eigenvalue weighted by molar-refractivity contribution is 6.31. The van der Waals surface area contributed by atoms with Crippen molar-refractivity contribution in [3.05, 3.63) is 29.3 Å². The first kappa shape index (κ1) is 8.26. The Morgan fingerprint density at radius 2 is 2.15 bits per heavy atom. The minimum Gasteiger partial charge on any atom is -0.492 e. The number of fused-ring (bicyclic) bond motifs is 1. The lowest BCUT2D eigenvalue weighted by atomic mass is 10.2. The molecule has 0 amide bonds. The Hall–Kier alpha value is -1.35. The number of halogens is 1. The first-order valence-electron chi connectivity index (χ1n) is 3.77. The van der Waals surface area contributed by atoms with E-state index in [-0.39, 0.29) is 5.88 Å². The molecule has 1 heterocycles. The van der Waals surface area contributed by atoms with Gasteiger partial charge < -0.3 is 9.94 Å². The average Bonchev–Trinajstić information content (AvgIpc) is 2.40. The smallest absolute Gasteiger partial charge is 0.226 e. The van der Waals surface area contributed by atoms with E-state index in [0.717, 1.165) is 10.9 Å². The predicted octanol–water partition coefficient (Wildman–Crippen LogP) is 2.06. The van der Waals surface area contributed by atoms with Crippen LogP contribution in [0.15, 0.2) is 24.3 Å². The van der Waals surface area contributed by atoms with Crippen LogP contribution in [-0.2, 0) is 0 Å². The number of benzene rings is 1. The number of nitrogens with zero attached hydrogens (tertiary/aromatic N) is 1. The molecule has 0 saturated heterocycles. The summed E-state index contributed by atoms with van der Waals surface area (Å²) in [5.41, 5.74) is 0.757. The van der Waals surface area contributed by atoms with E-state index in [4.69, 9.17) is 16.4 Å². The highest BCUT2D eigenvalue weighted by Crippen LogP contribution is 2.25. The van der Waals surface area contributed by atoms with Gasteiger partial charge in [0.15, 0.2) is 0 Å². The van der Waals surface area contributed by atoms with Crippen LogP contribution in [0.4, 0.5) is 0 Å². The summed E-state index contributed by atoms with van der Waals surface area (Å²) in [6.45, 7) is 0. The third-order valence-electron chi connectivity index (χ3n) is 1.89. The molecule has 13 heavy (non-hydrogen) atoms. The normalized spacial score (nSPS) is 10.6. The van der Waals surface area contributed by atoms with E-state index in [2.05, 4.69) is 0 Å². The second kappa shape index (κ2) is 2.85. The molecule has 68 valence electrons. The van der Waals surface area contributed by atoms with Crippen LogP contribution < -0.4 is 4.84 Å². The summed E-state index contributed by atoms with van der Waals surface area (Å²) in [6.07, 6.45) is 0. The van der Waals surface area contributed by atoms with E-state index in [1.54, 1.807) is 18.2 Å². The van der Waals surface area contributed by atoms with Crippen LogP contribution in [0.25, 0.3) is 10.9 Å². The molecule has 1 aromatic carbocycles. The van der Waals surface area contributed by atoms with Gasteiger partial charge >= 0.3 is 0 Å². The SMILES string of the molecule is COn1c(O)cc2ccc(Cl)cc21. The van der Waals surface area contributed by atoms with Crippen LogP contribution >= 0.6 is 11.6 Å². The van der Waals surface area contributed by atoms with E-state index < -0.39 is 0 Å². The number of aromatic hydroxyl groups is 1. The van der Waals surface area contributed by atoms with Crippen molar-refractivity contribution in [1.82, 2.24) is 4.73 Å². The first-order chi connectivity index (χ1) is 6.22. The molecule has 2 rings (SSSR count). The molecule has 0 atom stereocenters. The minimum absolute atomic E-state index is 0.0692. The molecule has 1 N–H and O–H groups in total. The van der Waals surface area contributed by atoms with Crippen LogP contribution in [0.1, 0.15) is 0 Å². The van der Waals surface area contributed by atoms with E-state index in [9.17, 15) is 5.11 Å². The Labute approximate surface area is 80.1 Å². The number of aromatic nitrogens is 1. The Balaban J connectivity index is 2.80. The summed E-state index contributed by atoms with van der Waals surface area (Å²) in [5, 5.41) is 10.9. The number of hydrogen-bond acceptors (Lipinski definition) is 2. The van der Waals surface area contributed by atoms with Gasteiger partial charge in [0.05, 0.1) is 5.52 Å². The van der Waals surface area contributed by atoms with Gasteiger partial charge in [-0.3, -0.25) is 0 Å². The van der Waals surface area contributed by atoms with Crippen LogP contribution in [0.2, 0.25) is 5.02 Å². The Bertz CT molecular complexity index is 450. The standard InChI is InChI=1S/C9H8ClNO2/c1-13-11-8-5-7(10)3-2-6(8)4-9(11)12/h2-5,12H,1H3. The molecule has 0 fully saturated rings. The monoisotopic (exact) mass is 197 g/mol. The van der Waals surface area contributed by atoms with Crippen LogP contribution in [0, 0.1) is 0 Å². The highest BCUT2D eigenvalue weighted by atomic mass is 35.5. The molecule has 0 aliphatic carbocycles. The zero-order valence-electron chi connectivity index (χ0n) is 6.99. The molecule has 0 spiro atoms. The van der Waals surface area contributed by atoms with Gasteiger partial charge in [0.25, 0.3) is 0 Å². The fraction of sp³-hybridized carbons (Fsp3) is 0.111. The Kier molecular flexibility index (Phi) is 1.81. The van der Waals surface area contributed by atoms with Gasteiger partial charge in [-0.2, -0.15) is 0 Å². The summed E-state index contributed by atoms with van der Waals surface area (Å²) in [7, 11) is 1.49. The maximum Gasteiger partial charge on any atom is 0.226 e. The van der Waals surface area contributed by atoms with Crippen LogP contribution in [0.5, 0.6) is 5.88 Å². The largest absolute Gasteiger partial charge is 0.492 e. The fourth-order valence-electron chi connectivity index (χ4n) is 1.33.